The van der Waals surface area contributed by atoms with Crippen LogP contribution in [0.25, 0.3) is 0 Å². The van der Waals surface area contributed by atoms with Crippen molar-refractivity contribution in [3.8, 4) is 5.75 Å². The lowest BCUT2D eigenvalue weighted by molar-refractivity contribution is -0.123. The van der Waals surface area contributed by atoms with E-state index >= 15 is 0 Å². The van der Waals surface area contributed by atoms with Gasteiger partial charge < -0.3 is 20.7 Å². The molecule has 0 aliphatic carbocycles. The van der Waals surface area contributed by atoms with Gasteiger partial charge in [0.15, 0.2) is 0 Å². The summed E-state index contributed by atoms with van der Waals surface area (Å²) in [5.41, 5.74) is 8.78. The van der Waals surface area contributed by atoms with E-state index in [1.54, 1.807) is 6.20 Å². The van der Waals surface area contributed by atoms with Crippen LogP contribution >= 0.6 is 0 Å². The fourth-order valence-corrected chi connectivity index (χ4v) is 3.99. The van der Waals surface area contributed by atoms with Crippen molar-refractivity contribution in [3.63, 3.8) is 0 Å². The lowest BCUT2D eigenvalue weighted by atomic mass is 10.0. The standard InChI is InChI=1S/C30H40N4O2/c1-23(2)17-19-34(26-13-15-27(16-14-26)36-21-24-10-6-5-7-11-24)22-30(3,4)33-29(35)28(31)20-25-12-8-9-18-32-25/h5-16,18,23,28H,17,19-22,31H2,1-4H3,(H,33,35). The number of hydrogen-bond acceptors (Lipinski definition) is 5. The maximum absolute atomic E-state index is 12.9. The van der Waals surface area contributed by atoms with Crippen molar-refractivity contribution >= 4 is 11.6 Å². The number of pyridine rings is 1. The Hall–Kier alpha value is -3.38. The van der Waals surface area contributed by atoms with Crippen LogP contribution in [0.4, 0.5) is 5.69 Å². The monoisotopic (exact) mass is 488 g/mol. The number of amides is 1. The fourth-order valence-electron chi connectivity index (χ4n) is 3.99. The minimum atomic E-state index is -0.649. The molecule has 1 amide bonds. The molecule has 0 radical (unpaired) electrons. The highest BCUT2D eigenvalue weighted by Gasteiger charge is 2.27. The zero-order valence-corrected chi connectivity index (χ0v) is 22.0. The van der Waals surface area contributed by atoms with E-state index in [0.717, 1.165) is 35.7 Å². The molecule has 36 heavy (non-hydrogen) atoms. The molecule has 3 aromatic rings. The van der Waals surface area contributed by atoms with Gasteiger partial charge in [0.2, 0.25) is 5.91 Å². The summed E-state index contributed by atoms with van der Waals surface area (Å²) in [7, 11) is 0. The van der Waals surface area contributed by atoms with Gasteiger partial charge in [-0.1, -0.05) is 50.2 Å². The van der Waals surface area contributed by atoms with Gasteiger partial charge in [-0.3, -0.25) is 9.78 Å². The minimum Gasteiger partial charge on any atom is -0.489 e. The van der Waals surface area contributed by atoms with E-state index in [1.807, 2.05) is 62.4 Å². The van der Waals surface area contributed by atoms with Crippen LogP contribution in [-0.4, -0.2) is 35.6 Å². The van der Waals surface area contributed by atoms with Gasteiger partial charge in [-0.25, -0.2) is 0 Å². The average Bonchev–Trinajstić information content (AvgIpc) is 2.86. The first kappa shape index (κ1) is 27.2. The highest BCUT2D eigenvalue weighted by Crippen LogP contribution is 2.23. The highest BCUT2D eigenvalue weighted by atomic mass is 16.5. The number of hydrogen-bond donors (Lipinski definition) is 2. The minimum absolute atomic E-state index is 0.167. The third kappa shape index (κ3) is 9.00. The summed E-state index contributed by atoms with van der Waals surface area (Å²) in [6.07, 6.45) is 3.17. The quantitative estimate of drug-likeness (QED) is 0.355. The number of benzene rings is 2. The van der Waals surface area contributed by atoms with Crippen molar-refractivity contribution in [2.75, 3.05) is 18.0 Å². The number of nitrogens with two attached hydrogens (primary N) is 1. The summed E-state index contributed by atoms with van der Waals surface area (Å²) >= 11 is 0. The number of rotatable bonds is 13. The van der Waals surface area contributed by atoms with E-state index in [1.165, 1.54) is 0 Å². The first-order valence-electron chi connectivity index (χ1n) is 12.7. The molecule has 2 aromatic carbocycles. The summed E-state index contributed by atoms with van der Waals surface area (Å²) in [6.45, 7) is 10.6. The number of ether oxygens (including phenoxy) is 1. The number of nitrogens with zero attached hydrogens (tertiary/aromatic N) is 2. The molecular formula is C30H40N4O2. The predicted molar refractivity (Wildman–Crippen MR) is 147 cm³/mol. The van der Waals surface area contributed by atoms with Crippen LogP contribution in [0.5, 0.6) is 5.75 Å². The van der Waals surface area contributed by atoms with Gasteiger partial charge in [-0.05, 0) is 68.1 Å². The summed E-state index contributed by atoms with van der Waals surface area (Å²) in [4.78, 5) is 19.5. The summed E-state index contributed by atoms with van der Waals surface area (Å²) < 4.78 is 5.96. The molecule has 6 nitrogen and oxygen atoms in total. The molecule has 0 bridgehead atoms. The van der Waals surface area contributed by atoms with Crippen LogP contribution in [0.2, 0.25) is 0 Å². The molecule has 6 heteroatoms. The van der Waals surface area contributed by atoms with Gasteiger partial charge in [-0.15, -0.1) is 0 Å². The van der Waals surface area contributed by atoms with Crippen molar-refractivity contribution in [1.82, 2.24) is 10.3 Å². The van der Waals surface area contributed by atoms with Crippen LogP contribution in [0.3, 0.4) is 0 Å². The number of nitrogens with one attached hydrogen (secondary N) is 1. The van der Waals surface area contributed by atoms with E-state index in [2.05, 4.69) is 53.3 Å². The zero-order chi connectivity index (χ0) is 26.0. The Labute approximate surface area is 215 Å². The van der Waals surface area contributed by atoms with E-state index in [9.17, 15) is 4.79 Å². The van der Waals surface area contributed by atoms with Gasteiger partial charge >= 0.3 is 0 Å². The van der Waals surface area contributed by atoms with Crippen molar-refractivity contribution in [3.05, 3.63) is 90.3 Å². The van der Waals surface area contributed by atoms with Crippen molar-refractivity contribution < 1.29 is 9.53 Å². The van der Waals surface area contributed by atoms with Gasteiger partial charge in [0, 0.05) is 37.1 Å². The fraction of sp³-hybridized carbons (Fsp3) is 0.400. The third-order valence-electron chi connectivity index (χ3n) is 5.97. The highest BCUT2D eigenvalue weighted by molar-refractivity contribution is 5.82. The molecular weight excluding hydrogens is 448 g/mol. The first-order valence-corrected chi connectivity index (χ1v) is 12.7. The van der Waals surface area contributed by atoms with Crippen LogP contribution in [0, 0.1) is 5.92 Å². The Morgan fingerprint density at radius 1 is 1.03 bits per heavy atom. The van der Waals surface area contributed by atoms with Gasteiger partial charge in [0.1, 0.15) is 12.4 Å². The van der Waals surface area contributed by atoms with E-state index in [-0.39, 0.29) is 5.91 Å². The van der Waals surface area contributed by atoms with Crippen LogP contribution in [-0.2, 0) is 17.8 Å². The van der Waals surface area contributed by atoms with E-state index < -0.39 is 11.6 Å². The van der Waals surface area contributed by atoms with Crippen molar-refractivity contribution in [2.24, 2.45) is 11.7 Å². The zero-order valence-electron chi connectivity index (χ0n) is 22.0. The number of aromatic nitrogens is 1. The molecule has 192 valence electrons. The predicted octanol–water partition coefficient (Wildman–Crippen LogP) is 4.98. The molecule has 0 aliphatic heterocycles. The number of anilines is 1. The third-order valence-corrected chi connectivity index (χ3v) is 5.97. The molecule has 3 rings (SSSR count). The van der Waals surface area contributed by atoms with Crippen LogP contribution in [0.1, 0.15) is 45.4 Å². The molecule has 1 unspecified atom stereocenters. The maximum atomic E-state index is 12.9. The van der Waals surface area contributed by atoms with E-state index in [4.69, 9.17) is 10.5 Å². The summed E-state index contributed by atoms with van der Waals surface area (Å²) in [5.74, 6) is 1.24. The van der Waals surface area contributed by atoms with Crippen molar-refractivity contribution in [1.29, 1.82) is 0 Å². The Balaban J connectivity index is 1.63. The Morgan fingerprint density at radius 3 is 2.36 bits per heavy atom. The largest absolute Gasteiger partial charge is 0.489 e. The lowest BCUT2D eigenvalue weighted by Gasteiger charge is -2.36. The second-order valence-electron chi connectivity index (χ2n) is 10.4. The molecule has 1 heterocycles. The molecule has 1 atom stereocenters. The number of carbonyl (C=O) groups excluding carboxylic acids is 1. The molecule has 0 aliphatic rings. The molecule has 0 saturated carbocycles. The topological polar surface area (TPSA) is 80.5 Å². The van der Waals surface area contributed by atoms with Gasteiger partial charge in [-0.2, -0.15) is 0 Å². The van der Waals surface area contributed by atoms with Gasteiger partial charge in [0.25, 0.3) is 0 Å². The number of carbonyl (C=O) groups is 1. The smallest absolute Gasteiger partial charge is 0.237 e. The van der Waals surface area contributed by atoms with Crippen LogP contribution < -0.4 is 20.7 Å². The van der Waals surface area contributed by atoms with Crippen LogP contribution in [0.15, 0.2) is 79.0 Å². The first-order chi connectivity index (χ1) is 17.2. The molecule has 0 saturated heterocycles. The maximum Gasteiger partial charge on any atom is 0.237 e. The molecule has 1 aromatic heterocycles. The SMILES string of the molecule is CC(C)CCN(CC(C)(C)NC(=O)C(N)Cc1ccccn1)c1ccc(OCc2ccccc2)cc1. The molecule has 0 fully saturated rings. The average molecular weight is 489 g/mol. The molecule has 0 spiro atoms. The second-order valence-corrected chi connectivity index (χ2v) is 10.4. The van der Waals surface area contributed by atoms with E-state index in [0.29, 0.717) is 25.5 Å². The van der Waals surface area contributed by atoms with Crippen molar-refractivity contribution in [2.45, 2.75) is 58.7 Å². The Morgan fingerprint density at radius 2 is 1.72 bits per heavy atom. The lowest BCUT2D eigenvalue weighted by Crippen LogP contribution is -2.56. The normalized spacial score (nSPS) is 12.3. The Kier molecular flexibility index (Phi) is 9.88. The summed E-state index contributed by atoms with van der Waals surface area (Å²) in [6, 6.07) is 23.3. The molecule has 3 N–H and O–H groups in total. The Bertz CT molecular complexity index is 1050. The second kappa shape index (κ2) is 13.1. The van der Waals surface area contributed by atoms with Gasteiger partial charge in [0.05, 0.1) is 11.6 Å². The summed E-state index contributed by atoms with van der Waals surface area (Å²) in [5, 5.41) is 3.16.